The minimum absolute atomic E-state index is 0.0670. The number of halogens is 4. The minimum Gasteiger partial charge on any atom is -0.352 e. The first-order valence-electron chi connectivity index (χ1n) is 10.3. The zero-order valence-electron chi connectivity index (χ0n) is 17.6. The van der Waals surface area contributed by atoms with Gasteiger partial charge in [0.1, 0.15) is 0 Å². The number of anilines is 1. The van der Waals surface area contributed by atoms with Crippen LogP contribution in [0, 0.1) is 5.92 Å². The van der Waals surface area contributed by atoms with Crippen LogP contribution in [0.2, 0.25) is 5.02 Å². The number of alkyl halides is 3. The van der Waals surface area contributed by atoms with E-state index in [9.17, 15) is 18.0 Å². The highest BCUT2D eigenvalue weighted by atomic mass is 35.5. The van der Waals surface area contributed by atoms with E-state index in [0.717, 1.165) is 25.2 Å². The quantitative estimate of drug-likeness (QED) is 0.593. The van der Waals surface area contributed by atoms with Crippen molar-refractivity contribution < 1.29 is 18.0 Å². The van der Waals surface area contributed by atoms with Crippen molar-refractivity contribution in [2.45, 2.75) is 32.0 Å². The summed E-state index contributed by atoms with van der Waals surface area (Å²) in [7, 11) is 0. The lowest BCUT2D eigenvalue weighted by atomic mass is 9.90. The number of benzene rings is 1. The topological polar surface area (TPSA) is 88.8 Å². The highest BCUT2D eigenvalue weighted by Gasteiger charge is 2.34. The van der Waals surface area contributed by atoms with Crippen LogP contribution >= 0.6 is 11.6 Å². The molecule has 2 aromatic heterocycles. The molecule has 8 nitrogen and oxygen atoms in total. The predicted molar refractivity (Wildman–Crippen MR) is 115 cm³/mol. The second kappa shape index (κ2) is 9.34. The van der Waals surface area contributed by atoms with Gasteiger partial charge in [-0.25, -0.2) is 9.97 Å². The normalized spacial score (nSPS) is 18.9. The van der Waals surface area contributed by atoms with Crippen LogP contribution in [0.3, 0.4) is 0 Å². The molecule has 1 aliphatic rings. The Balaban J connectivity index is 1.55. The van der Waals surface area contributed by atoms with Crippen molar-refractivity contribution in [2.24, 2.45) is 5.92 Å². The standard InChI is InChI=1S/C21H21ClF3N7O/c1-13-3-2-8-31(18(13)12-28-20-26-10-14(11-27-20)21(23,24)25)19(33)16-9-15(22)4-5-17(16)32-29-6-7-30-32/h4-7,9-11,13,18H,2-3,8,12H2,1H3,(H,26,27,28)/t13-,18?/m1/s1. The zero-order valence-corrected chi connectivity index (χ0v) is 18.4. The summed E-state index contributed by atoms with van der Waals surface area (Å²) in [5.41, 5.74) is -0.0504. The third-order valence-electron chi connectivity index (χ3n) is 5.65. The number of nitrogens with zero attached hydrogens (tertiary/aromatic N) is 6. The molecule has 3 aromatic rings. The molecular formula is C21H21ClF3N7O. The Bertz CT molecular complexity index is 1110. The van der Waals surface area contributed by atoms with E-state index in [1.807, 2.05) is 6.92 Å². The van der Waals surface area contributed by atoms with Gasteiger partial charge in [-0.05, 0) is 37.0 Å². The molecule has 1 amide bonds. The number of hydrogen-bond donors (Lipinski definition) is 1. The molecule has 1 fully saturated rings. The van der Waals surface area contributed by atoms with Crippen LogP contribution in [0.15, 0.2) is 43.0 Å². The summed E-state index contributed by atoms with van der Waals surface area (Å²) in [6.07, 6.45) is 1.74. The molecule has 1 unspecified atom stereocenters. The van der Waals surface area contributed by atoms with Gasteiger partial charge in [0.05, 0.1) is 35.2 Å². The van der Waals surface area contributed by atoms with E-state index in [-0.39, 0.29) is 30.4 Å². The predicted octanol–water partition coefficient (Wildman–Crippen LogP) is 4.08. The van der Waals surface area contributed by atoms with Gasteiger partial charge in [0.2, 0.25) is 5.95 Å². The van der Waals surface area contributed by atoms with E-state index in [0.29, 0.717) is 22.8 Å². The highest BCUT2D eigenvalue weighted by Crippen LogP contribution is 2.29. The Morgan fingerprint density at radius 2 is 1.91 bits per heavy atom. The Hall–Kier alpha value is -3.21. The van der Waals surface area contributed by atoms with Crippen LogP contribution in [0.1, 0.15) is 35.7 Å². The minimum atomic E-state index is -4.50. The number of aromatic nitrogens is 5. The van der Waals surface area contributed by atoms with Gasteiger partial charge in [-0.2, -0.15) is 28.2 Å². The lowest BCUT2D eigenvalue weighted by Crippen LogP contribution is -2.51. The number of carbonyl (C=O) groups is 1. The zero-order chi connectivity index (χ0) is 23.6. The maximum Gasteiger partial charge on any atom is 0.419 e. The van der Waals surface area contributed by atoms with Gasteiger partial charge in [-0.15, -0.1) is 0 Å². The fraction of sp³-hybridized carbons (Fsp3) is 0.381. The molecule has 0 radical (unpaired) electrons. The van der Waals surface area contributed by atoms with Crippen LogP contribution in [0.4, 0.5) is 19.1 Å². The molecular weight excluding hydrogens is 459 g/mol. The van der Waals surface area contributed by atoms with E-state index in [1.54, 1.807) is 23.1 Å². The van der Waals surface area contributed by atoms with E-state index >= 15 is 0 Å². The first kappa shape index (κ1) is 23.0. The van der Waals surface area contributed by atoms with E-state index in [1.165, 1.54) is 17.2 Å². The van der Waals surface area contributed by atoms with Crippen LogP contribution in [-0.2, 0) is 6.18 Å². The number of likely N-dealkylation sites (tertiary alicyclic amines) is 1. The van der Waals surface area contributed by atoms with Gasteiger partial charge in [0.15, 0.2) is 0 Å². The average Bonchev–Trinajstić information content (AvgIpc) is 3.32. The van der Waals surface area contributed by atoms with Crippen molar-refractivity contribution >= 4 is 23.5 Å². The van der Waals surface area contributed by atoms with Crippen molar-refractivity contribution in [2.75, 3.05) is 18.4 Å². The smallest absolute Gasteiger partial charge is 0.352 e. The summed E-state index contributed by atoms with van der Waals surface area (Å²) in [4.78, 5) is 24.2. The Morgan fingerprint density at radius 1 is 1.21 bits per heavy atom. The molecule has 2 atom stereocenters. The van der Waals surface area contributed by atoms with Gasteiger partial charge in [-0.3, -0.25) is 4.79 Å². The molecule has 1 aromatic carbocycles. The molecule has 1 N–H and O–H groups in total. The maximum atomic E-state index is 13.6. The second-order valence-corrected chi connectivity index (χ2v) is 8.28. The highest BCUT2D eigenvalue weighted by molar-refractivity contribution is 6.31. The first-order chi connectivity index (χ1) is 15.7. The summed E-state index contributed by atoms with van der Waals surface area (Å²) < 4.78 is 38.2. The van der Waals surface area contributed by atoms with Gasteiger partial charge in [-0.1, -0.05) is 18.5 Å². The number of amides is 1. The summed E-state index contributed by atoms with van der Waals surface area (Å²) >= 11 is 6.18. The summed E-state index contributed by atoms with van der Waals surface area (Å²) in [5.74, 6) is -0.0102. The second-order valence-electron chi connectivity index (χ2n) is 7.84. The SMILES string of the molecule is C[C@@H]1CCCN(C(=O)c2cc(Cl)ccc2-n2nccn2)C1CNc1ncc(C(F)(F)F)cn1. The Labute approximate surface area is 192 Å². The van der Waals surface area contributed by atoms with Crippen LogP contribution in [-0.4, -0.2) is 54.9 Å². The molecule has 33 heavy (non-hydrogen) atoms. The number of carbonyl (C=O) groups excluding carboxylic acids is 1. The number of nitrogens with one attached hydrogen (secondary N) is 1. The molecule has 174 valence electrons. The van der Waals surface area contributed by atoms with Gasteiger partial charge < -0.3 is 10.2 Å². The molecule has 4 rings (SSSR count). The van der Waals surface area contributed by atoms with Crippen LogP contribution < -0.4 is 5.32 Å². The van der Waals surface area contributed by atoms with Crippen molar-refractivity contribution in [3.05, 3.63) is 59.1 Å². The monoisotopic (exact) mass is 479 g/mol. The molecule has 1 aliphatic heterocycles. The van der Waals surface area contributed by atoms with Crippen molar-refractivity contribution in [3.63, 3.8) is 0 Å². The van der Waals surface area contributed by atoms with E-state index in [4.69, 9.17) is 11.6 Å². The molecule has 0 aliphatic carbocycles. The molecule has 3 heterocycles. The van der Waals surface area contributed by atoms with Crippen molar-refractivity contribution in [1.82, 2.24) is 29.9 Å². The number of rotatable bonds is 5. The number of hydrogen-bond acceptors (Lipinski definition) is 6. The Morgan fingerprint density at radius 3 is 2.58 bits per heavy atom. The first-order valence-corrected chi connectivity index (χ1v) is 10.7. The fourth-order valence-corrected chi connectivity index (χ4v) is 4.10. The third-order valence-corrected chi connectivity index (χ3v) is 5.88. The van der Waals surface area contributed by atoms with Gasteiger partial charge >= 0.3 is 6.18 Å². The third kappa shape index (κ3) is 5.08. The maximum absolute atomic E-state index is 13.6. The van der Waals surface area contributed by atoms with Crippen molar-refractivity contribution in [1.29, 1.82) is 0 Å². The summed E-state index contributed by atoms with van der Waals surface area (Å²) in [6.45, 7) is 2.85. The van der Waals surface area contributed by atoms with Crippen LogP contribution in [0.25, 0.3) is 5.69 Å². The molecule has 0 spiro atoms. The van der Waals surface area contributed by atoms with Gasteiger partial charge in [0, 0.05) is 30.5 Å². The lowest BCUT2D eigenvalue weighted by Gasteiger charge is -2.40. The molecule has 12 heteroatoms. The Kier molecular flexibility index (Phi) is 6.50. The largest absolute Gasteiger partial charge is 0.419 e. The van der Waals surface area contributed by atoms with E-state index in [2.05, 4.69) is 25.5 Å². The molecule has 1 saturated heterocycles. The van der Waals surface area contributed by atoms with E-state index < -0.39 is 11.7 Å². The molecule has 0 bridgehead atoms. The summed E-state index contributed by atoms with van der Waals surface area (Å²) in [5, 5.41) is 11.6. The lowest BCUT2D eigenvalue weighted by molar-refractivity contribution is -0.138. The summed E-state index contributed by atoms with van der Waals surface area (Å²) in [6, 6.07) is 4.71. The van der Waals surface area contributed by atoms with Crippen molar-refractivity contribution in [3.8, 4) is 5.69 Å². The van der Waals surface area contributed by atoms with Gasteiger partial charge in [0.25, 0.3) is 5.91 Å². The number of piperidine rings is 1. The van der Waals surface area contributed by atoms with Crippen LogP contribution in [0.5, 0.6) is 0 Å². The fourth-order valence-electron chi connectivity index (χ4n) is 3.92. The molecule has 0 saturated carbocycles. The average molecular weight is 480 g/mol.